The first-order valence-corrected chi connectivity index (χ1v) is 7.76. The van der Waals surface area contributed by atoms with Crippen molar-refractivity contribution in [1.82, 2.24) is 24.8 Å². The number of nitrogens with zero attached hydrogens (tertiary/aromatic N) is 3. The largest absolute Gasteiger partial charge is 0.357 e. The minimum atomic E-state index is -0.463. The van der Waals surface area contributed by atoms with Gasteiger partial charge in [-0.3, -0.25) is 9.59 Å². The van der Waals surface area contributed by atoms with Gasteiger partial charge in [-0.15, -0.1) is 0 Å². The number of carbonyl (C=O) groups is 2. The maximum absolute atomic E-state index is 12.9. The first-order chi connectivity index (χ1) is 11.7. The van der Waals surface area contributed by atoms with E-state index < -0.39 is 6.04 Å². The zero-order valence-corrected chi connectivity index (χ0v) is 13.2. The van der Waals surface area contributed by atoms with E-state index in [0.29, 0.717) is 18.8 Å². The van der Waals surface area contributed by atoms with Gasteiger partial charge in [0, 0.05) is 24.1 Å². The summed E-state index contributed by atoms with van der Waals surface area (Å²) in [5.41, 5.74) is 2.30. The van der Waals surface area contributed by atoms with E-state index >= 15 is 0 Å². The van der Waals surface area contributed by atoms with Gasteiger partial charge in [-0.25, -0.2) is 4.98 Å². The third-order valence-electron chi connectivity index (χ3n) is 4.42. The van der Waals surface area contributed by atoms with Gasteiger partial charge in [0.25, 0.3) is 5.91 Å². The Labute approximate surface area is 138 Å². The lowest BCUT2D eigenvalue weighted by molar-refractivity contribution is -0.124. The van der Waals surface area contributed by atoms with Gasteiger partial charge < -0.3 is 19.8 Å². The highest BCUT2D eigenvalue weighted by atomic mass is 16.2. The van der Waals surface area contributed by atoms with Crippen LogP contribution in [-0.4, -0.2) is 44.8 Å². The molecule has 3 aromatic rings. The maximum atomic E-state index is 12.9. The molecule has 0 saturated carbocycles. The van der Waals surface area contributed by atoms with Crippen molar-refractivity contribution in [2.75, 3.05) is 13.6 Å². The van der Waals surface area contributed by atoms with Crippen molar-refractivity contribution in [3.63, 3.8) is 0 Å². The van der Waals surface area contributed by atoms with Gasteiger partial charge >= 0.3 is 0 Å². The van der Waals surface area contributed by atoms with Crippen LogP contribution in [0.5, 0.6) is 0 Å². The third kappa shape index (κ3) is 2.25. The first kappa shape index (κ1) is 14.5. The molecule has 1 aliphatic rings. The fourth-order valence-corrected chi connectivity index (χ4v) is 3.18. The highest BCUT2D eigenvalue weighted by Gasteiger charge is 2.32. The molecule has 4 rings (SSSR count). The number of benzene rings is 1. The molecule has 2 aromatic heterocycles. The number of nitrogens with one attached hydrogen (secondary N) is 2. The summed E-state index contributed by atoms with van der Waals surface area (Å²) in [5, 5.41) is 3.64. The summed E-state index contributed by atoms with van der Waals surface area (Å²) in [4.78, 5) is 34.0. The summed E-state index contributed by atoms with van der Waals surface area (Å²) >= 11 is 0. The zero-order chi connectivity index (χ0) is 16.7. The van der Waals surface area contributed by atoms with Crippen LogP contribution in [0.1, 0.15) is 22.2 Å². The van der Waals surface area contributed by atoms with Crippen molar-refractivity contribution in [2.24, 2.45) is 0 Å². The van der Waals surface area contributed by atoms with Gasteiger partial charge in [-0.2, -0.15) is 0 Å². The SMILES string of the molecule is CNC(=O)C1CN(C(=O)c2cc3ccccc3[nH]2)Cc2cncn21. The molecule has 2 amide bonds. The Morgan fingerprint density at radius 1 is 1.33 bits per heavy atom. The van der Waals surface area contributed by atoms with Gasteiger partial charge in [0.05, 0.1) is 25.1 Å². The Morgan fingerprint density at radius 3 is 2.96 bits per heavy atom. The standard InChI is InChI=1S/C17H17N5O2/c1-18-16(23)15-9-21(8-12-7-19-10-22(12)15)17(24)14-6-11-4-2-3-5-13(11)20-14/h2-7,10,15,20H,8-9H2,1H3,(H,18,23). The van der Waals surface area contributed by atoms with E-state index in [4.69, 9.17) is 0 Å². The second-order valence-electron chi connectivity index (χ2n) is 5.88. The summed E-state index contributed by atoms with van der Waals surface area (Å²) < 4.78 is 1.83. The van der Waals surface area contributed by atoms with Crippen LogP contribution in [0.3, 0.4) is 0 Å². The van der Waals surface area contributed by atoms with E-state index in [-0.39, 0.29) is 11.8 Å². The number of rotatable bonds is 2. The zero-order valence-electron chi connectivity index (χ0n) is 13.2. The molecule has 7 heteroatoms. The molecule has 0 spiro atoms. The van der Waals surface area contributed by atoms with Gasteiger partial charge in [-0.1, -0.05) is 18.2 Å². The normalized spacial score (nSPS) is 16.9. The Bertz CT molecular complexity index is 893. The Hall–Kier alpha value is -3.09. The molecular formula is C17H17N5O2. The molecule has 1 aromatic carbocycles. The topological polar surface area (TPSA) is 83.0 Å². The summed E-state index contributed by atoms with van der Waals surface area (Å²) in [6, 6.07) is 9.14. The molecule has 1 atom stereocenters. The van der Waals surface area contributed by atoms with Crippen LogP contribution >= 0.6 is 0 Å². The molecule has 0 radical (unpaired) electrons. The summed E-state index contributed by atoms with van der Waals surface area (Å²) in [5.74, 6) is -0.254. The number of para-hydroxylation sites is 1. The molecule has 0 aliphatic carbocycles. The molecule has 122 valence electrons. The van der Waals surface area contributed by atoms with Crippen molar-refractivity contribution in [1.29, 1.82) is 0 Å². The van der Waals surface area contributed by atoms with Crippen molar-refractivity contribution in [3.05, 3.63) is 54.2 Å². The maximum Gasteiger partial charge on any atom is 0.270 e. The lowest BCUT2D eigenvalue weighted by Gasteiger charge is -2.33. The van der Waals surface area contributed by atoms with Gasteiger partial charge in [0.1, 0.15) is 11.7 Å². The number of aromatic nitrogens is 3. The smallest absolute Gasteiger partial charge is 0.270 e. The Morgan fingerprint density at radius 2 is 2.17 bits per heavy atom. The van der Waals surface area contributed by atoms with E-state index in [2.05, 4.69) is 15.3 Å². The number of carbonyl (C=O) groups excluding carboxylic acids is 2. The number of H-pyrrole nitrogens is 1. The van der Waals surface area contributed by atoms with Gasteiger partial charge in [-0.05, 0) is 12.1 Å². The lowest BCUT2D eigenvalue weighted by atomic mass is 10.1. The fourth-order valence-electron chi connectivity index (χ4n) is 3.18. The van der Waals surface area contributed by atoms with E-state index in [1.165, 1.54) is 0 Å². The summed E-state index contributed by atoms with van der Waals surface area (Å²) in [7, 11) is 1.59. The number of hydrogen-bond acceptors (Lipinski definition) is 3. The molecule has 0 fully saturated rings. The predicted octanol–water partition coefficient (Wildman–Crippen LogP) is 1.31. The average molecular weight is 323 g/mol. The highest BCUT2D eigenvalue weighted by molar-refractivity contribution is 5.98. The second-order valence-corrected chi connectivity index (χ2v) is 5.88. The van der Waals surface area contributed by atoms with Crippen molar-refractivity contribution in [3.8, 4) is 0 Å². The second kappa shape index (κ2) is 5.52. The highest BCUT2D eigenvalue weighted by Crippen LogP contribution is 2.24. The number of likely N-dealkylation sites (N-methyl/N-ethyl adjacent to an activating group) is 1. The van der Waals surface area contributed by atoms with Gasteiger partial charge in [0.2, 0.25) is 5.91 Å². The summed E-state index contributed by atoms with van der Waals surface area (Å²) in [6.45, 7) is 0.749. The van der Waals surface area contributed by atoms with E-state index in [0.717, 1.165) is 16.6 Å². The molecule has 7 nitrogen and oxygen atoms in total. The van der Waals surface area contributed by atoms with Crippen LogP contribution < -0.4 is 5.32 Å². The molecule has 0 bridgehead atoms. The fraction of sp³-hybridized carbons (Fsp3) is 0.235. The number of fused-ring (bicyclic) bond motifs is 2. The van der Waals surface area contributed by atoms with E-state index in [9.17, 15) is 9.59 Å². The first-order valence-electron chi connectivity index (χ1n) is 7.76. The van der Waals surface area contributed by atoms with Crippen LogP contribution in [0.15, 0.2) is 42.9 Å². The van der Waals surface area contributed by atoms with Crippen molar-refractivity contribution in [2.45, 2.75) is 12.6 Å². The minimum absolute atomic E-state index is 0.118. The average Bonchev–Trinajstić information content (AvgIpc) is 3.25. The molecular weight excluding hydrogens is 306 g/mol. The third-order valence-corrected chi connectivity index (χ3v) is 4.42. The number of hydrogen-bond donors (Lipinski definition) is 2. The molecule has 1 aliphatic heterocycles. The lowest BCUT2D eigenvalue weighted by Crippen LogP contribution is -2.45. The molecule has 2 N–H and O–H groups in total. The molecule has 0 saturated heterocycles. The number of aromatic amines is 1. The van der Waals surface area contributed by atoms with Crippen LogP contribution in [0.2, 0.25) is 0 Å². The summed E-state index contributed by atoms with van der Waals surface area (Å²) in [6.07, 6.45) is 3.33. The number of amides is 2. The molecule has 24 heavy (non-hydrogen) atoms. The van der Waals surface area contributed by atoms with E-state index in [1.54, 1.807) is 24.5 Å². The Balaban J connectivity index is 1.66. The Kier molecular flexibility index (Phi) is 3.34. The van der Waals surface area contributed by atoms with E-state index in [1.807, 2.05) is 34.9 Å². The quantitative estimate of drug-likeness (QED) is 0.746. The monoisotopic (exact) mass is 323 g/mol. The van der Waals surface area contributed by atoms with Crippen molar-refractivity contribution < 1.29 is 9.59 Å². The van der Waals surface area contributed by atoms with Crippen LogP contribution in [0.25, 0.3) is 10.9 Å². The predicted molar refractivity (Wildman–Crippen MR) is 88.4 cm³/mol. The van der Waals surface area contributed by atoms with Gasteiger partial charge in [0.15, 0.2) is 0 Å². The van der Waals surface area contributed by atoms with Crippen LogP contribution in [-0.2, 0) is 11.3 Å². The van der Waals surface area contributed by atoms with Crippen LogP contribution in [0.4, 0.5) is 0 Å². The van der Waals surface area contributed by atoms with Crippen LogP contribution in [0, 0.1) is 0 Å². The number of imidazole rings is 1. The molecule has 1 unspecified atom stereocenters. The molecule has 3 heterocycles. The minimum Gasteiger partial charge on any atom is -0.357 e. The van der Waals surface area contributed by atoms with Crippen molar-refractivity contribution >= 4 is 22.7 Å².